The molecule has 8 nitrogen and oxygen atoms in total. The molecule has 1 saturated heterocycles. The summed E-state index contributed by atoms with van der Waals surface area (Å²) in [5.74, 6) is -1.76. The van der Waals surface area contributed by atoms with Gasteiger partial charge >= 0.3 is 5.97 Å². The number of ether oxygens (including phenoxy) is 1. The van der Waals surface area contributed by atoms with Crippen LogP contribution in [0.2, 0.25) is 0 Å². The quantitative estimate of drug-likeness (QED) is 0.800. The highest BCUT2D eigenvalue weighted by atomic mass is 32.2. The molecule has 22 heavy (non-hydrogen) atoms. The SMILES string of the molecule is COc1cc(C(=O)O)ccc1S(=O)(=O)N1CCS(=O)(=O)CC1. The molecule has 1 aromatic carbocycles. The van der Waals surface area contributed by atoms with E-state index in [0.717, 1.165) is 16.4 Å². The van der Waals surface area contributed by atoms with Crippen LogP contribution in [0.1, 0.15) is 10.4 Å². The maximum atomic E-state index is 12.6. The van der Waals surface area contributed by atoms with E-state index in [-0.39, 0.29) is 40.8 Å². The lowest BCUT2D eigenvalue weighted by atomic mass is 10.2. The zero-order valence-corrected chi connectivity index (χ0v) is 13.4. The second-order valence-electron chi connectivity index (χ2n) is 4.73. The maximum absolute atomic E-state index is 12.6. The Bertz CT molecular complexity index is 785. The number of rotatable bonds is 4. The minimum Gasteiger partial charge on any atom is -0.495 e. The molecule has 1 aliphatic heterocycles. The summed E-state index contributed by atoms with van der Waals surface area (Å²) in [4.78, 5) is 10.7. The van der Waals surface area contributed by atoms with Gasteiger partial charge in [-0.3, -0.25) is 0 Å². The number of hydrogen-bond donors (Lipinski definition) is 1. The Morgan fingerprint density at radius 3 is 2.36 bits per heavy atom. The third-order valence-electron chi connectivity index (χ3n) is 3.33. The second kappa shape index (κ2) is 5.86. The number of hydrogen-bond acceptors (Lipinski definition) is 6. The van der Waals surface area contributed by atoms with Crippen LogP contribution in [-0.4, -0.2) is 63.9 Å². The number of carboxylic acid groups (broad SMARTS) is 1. The number of sulfone groups is 1. The summed E-state index contributed by atoms with van der Waals surface area (Å²) in [6.07, 6.45) is 0. The third kappa shape index (κ3) is 3.23. The van der Waals surface area contributed by atoms with Crippen LogP contribution >= 0.6 is 0 Å². The number of carboxylic acids is 1. The van der Waals surface area contributed by atoms with E-state index >= 15 is 0 Å². The zero-order chi connectivity index (χ0) is 16.5. The van der Waals surface area contributed by atoms with E-state index in [1.165, 1.54) is 13.2 Å². The third-order valence-corrected chi connectivity index (χ3v) is 6.88. The molecule has 1 aliphatic rings. The van der Waals surface area contributed by atoms with Crippen LogP contribution in [0.4, 0.5) is 0 Å². The predicted molar refractivity (Wildman–Crippen MR) is 77.4 cm³/mol. The highest BCUT2D eigenvalue weighted by Crippen LogP contribution is 2.28. The van der Waals surface area contributed by atoms with Crippen LogP contribution in [0.15, 0.2) is 23.1 Å². The van der Waals surface area contributed by atoms with E-state index in [1.807, 2.05) is 0 Å². The molecule has 2 rings (SSSR count). The van der Waals surface area contributed by atoms with Crippen molar-refractivity contribution in [2.45, 2.75) is 4.90 Å². The number of methoxy groups -OCH3 is 1. The summed E-state index contributed by atoms with van der Waals surface area (Å²) >= 11 is 0. The Balaban J connectivity index is 2.40. The average Bonchev–Trinajstić information content (AvgIpc) is 2.46. The Morgan fingerprint density at radius 2 is 1.86 bits per heavy atom. The first-order chi connectivity index (χ1) is 10.2. The molecule has 10 heteroatoms. The minimum absolute atomic E-state index is 0.0895. The van der Waals surface area contributed by atoms with Crippen LogP contribution in [0.25, 0.3) is 0 Å². The fourth-order valence-electron chi connectivity index (χ4n) is 2.09. The fourth-order valence-corrected chi connectivity index (χ4v) is 5.10. The predicted octanol–water partition coefficient (Wildman–Crippen LogP) is -0.188. The Labute approximate surface area is 128 Å². The summed E-state index contributed by atoms with van der Waals surface area (Å²) in [7, 11) is -5.92. The molecule has 0 atom stereocenters. The fraction of sp³-hybridized carbons (Fsp3) is 0.417. The highest BCUT2D eigenvalue weighted by Gasteiger charge is 2.33. The van der Waals surface area contributed by atoms with Crippen LogP contribution in [0.5, 0.6) is 5.75 Å². The van der Waals surface area contributed by atoms with Crippen molar-refractivity contribution in [2.75, 3.05) is 31.7 Å². The molecular weight excluding hydrogens is 334 g/mol. The number of benzene rings is 1. The first-order valence-electron chi connectivity index (χ1n) is 6.29. The van der Waals surface area contributed by atoms with E-state index in [2.05, 4.69) is 0 Å². The molecule has 0 amide bonds. The average molecular weight is 349 g/mol. The number of sulfonamides is 1. The number of aromatic carboxylic acids is 1. The van der Waals surface area contributed by atoms with Crippen molar-refractivity contribution in [3.05, 3.63) is 23.8 Å². The lowest BCUT2D eigenvalue weighted by Gasteiger charge is -2.26. The maximum Gasteiger partial charge on any atom is 0.335 e. The largest absolute Gasteiger partial charge is 0.495 e. The highest BCUT2D eigenvalue weighted by molar-refractivity contribution is 7.92. The number of carbonyl (C=O) groups is 1. The van der Waals surface area contributed by atoms with Gasteiger partial charge in [0.1, 0.15) is 10.6 Å². The van der Waals surface area contributed by atoms with Crippen molar-refractivity contribution in [2.24, 2.45) is 0 Å². The molecule has 1 fully saturated rings. The van der Waals surface area contributed by atoms with Gasteiger partial charge in [0, 0.05) is 13.1 Å². The lowest BCUT2D eigenvalue weighted by Crippen LogP contribution is -2.43. The molecule has 1 N–H and O–H groups in total. The smallest absolute Gasteiger partial charge is 0.335 e. The molecular formula is C12H15NO7S2. The van der Waals surface area contributed by atoms with Crippen LogP contribution in [0, 0.1) is 0 Å². The molecule has 0 aromatic heterocycles. The monoisotopic (exact) mass is 349 g/mol. The summed E-state index contributed by atoms with van der Waals surface area (Å²) in [5, 5.41) is 8.92. The van der Waals surface area contributed by atoms with Gasteiger partial charge in [0.25, 0.3) is 0 Å². The van der Waals surface area contributed by atoms with E-state index < -0.39 is 25.8 Å². The van der Waals surface area contributed by atoms with E-state index in [4.69, 9.17) is 9.84 Å². The van der Waals surface area contributed by atoms with Gasteiger partial charge in [0.05, 0.1) is 24.2 Å². The normalized spacial score (nSPS) is 18.8. The van der Waals surface area contributed by atoms with Crippen molar-refractivity contribution in [3.8, 4) is 5.75 Å². The van der Waals surface area contributed by atoms with Gasteiger partial charge in [-0.25, -0.2) is 21.6 Å². The van der Waals surface area contributed by atoms with Gasteiger partial charge in [0.15, 0.2) is 9.84 Å². The first-order valence-corrected chi connectivity index (χ1v) is 9.55. The van der Waals surface area contributed by atoms with Crippen molar-refractivity contribution < 1.29 is 31.5 Å². The molecule has 0 saturated carbocycles. The van der Waals surface area contributed by atoms with Crippen molar-refractivity contribution >= 4 is 25.8 Å². The molecule has 0 unspecified atom stereocenters. The van der Waals surface area contributed by atoms with Crippen LogP contribution < -0.4 is 4.74 Å². The van der Waals surface area contributed by atoms with Crippen LogP contribution in [-0.2, 0) is 19.9 Å². The van der Waals surface area contributed by atoms with Crippen LogP contribution in [0.3, 0.4) is 0 Å². The van der Waals surface area contributed by atoms with Gasteiger partial charge in [-0.05, 0) is 18.2 Å². The van der Waals surface area contributed by atoms with E-state index in [1.54, 1.807) is 0 Å². The Morgan fingerprint density at radius 1 is 1.27 bits per heavy atom. The van der Waals surface area contributed by atoms with Crippen molar-refractivity contribution in [1.29, 1.82) is 0 Å². The molecule has 0 aliphatic carbocycles. The molecule has 1 aromatic rings. The summed E-state index contributed by atoms with van der Waals surface area (Å²) in [6.45, 7) is -0.261. The Kier molecular flexibility index (Phi) is 4.45. The van der Waals surface area contributed by atoms with E-state index in [0.29, 0.717) is 0 Å². The second-order valence-corrected chi connectivity index (χ2v) is 8.94. The Hall–Kier alpha value is -1.65. The standard InChI is InChI=1S/C12H15NO7S2/c1-20-10-8-9(12(14)15)2-3-11(10)22(18,19)13-4-6-21(16,17)7-5-13/h2-3,8H,4-7H2,1H3,(H,14,15). The molecule has 0 spiro atoms. The van der Waals surface area contributed by atoms with Gasteiger partial charge < -0.3 is 9.84 Å². The first kappa shape index (κ1) is 16.7. The minimum atomic E-state index is -3.95. The number of nitrogens with zero attached hydrogens (tertiary/aromatic N) is 1. The van der Waals surface area contributed by atoms with Gasteiger partial charge in [-0.15, -0.1) is 0 Å². The molecule has 122 valence electrons. The topological polar surface area (TPSA) is 118 Å². The molecule has 0 bridgehead atoms. The lowest BCUT2D eigenvalue weighted by molar-refractivity contribution is 0.0696. The summed E-state index contributed by atoms with van der Waals surface area (Å²) < 4.78 is 53.9. The molecule has 1 heterocycles. The van der Waals surface area contributed by atoms with Gasteiger partial charge in [0.2, 0.25) is 10.0 Å². The van der Waals surface area contributed by atoms with Crippen molar-refractivity contribution in [3.63, 3.8) is 0 Å². The molecule has 0 radical (unpaired) electrons. The van der Waals surface area contributed by atoms with Gasteiger partial charge in [-0.1, -0.05) is 0 Å². The van der Waals surface area contributed by atoms with E-state index in [9.17, 15) is 21.6 Å². The van der Waals surface area contributed by atoms with Gasteiger partial charge in [-0.2, -0.15) is 4.31 Å². The zero-order valence-electron chi connectivity index (χ0n) is 11.7. The summed E-state index contributed by atoms with van der Waals surface area (Å²) in [5.41, 5.74) is -0.1000. The van der Waals surface area contributed by atoms with Crippen molar-refractivity contribution in [1.82, 2.24) is 4.31 Å². The summed E-state index contributed by atoms with van der Waals surface area (Å²) in [6, 6.07) is 3.44.